The Balaban J connectivity index is 1.91. The molecule has 1 saturated carbocycles. The molecule has 1 aliphatic carbocycles. The highest BCUT2D eigenvalue weighted by atomic mass is 32.2. The molecule has 2 aliphatic rings. The molecule has 0 saturated heterocycles. The number of thioether (sulfide) groups is 1. The van der Waals surface area contributed by atoms with Crippen LogP contribution in [0.3, 0.4) is 0 Å². The van der Waals surface area contributed by atoms with Crippen molar-refractivity contribution in [1.82, 2.24) is 5.32 Å². The maximum Gasteiger partial charge on any atom is 0.157 e. The zero-order valence-corrected chi connectivity index (χ0v) is 12.2. The van der Waals surface area contributed by atoms with Gasteiger partial charge in [-0.05, 0) is 31.6 Å². The summed E-state index contributed by atoms with van der Waals surface area (Å²) in [4.78, 5) is 4.93. The van der Waals surface area contributed by atoms with Crippen molar-refractivity contribution in [3.63, 3.8) is 0 Å². The van der Waals surface area contributed by atoms with E-state index in [-0.39, 0.29) is 0 Å². The smallest absolute Gasteiger partial charge is 0.157 e. The second-order valence-corrected chi connectivity index (χ2v) is 6.68. The summed E-state index contributed by atoms with van der Waals surface area (Å²) in [5.41, 5.74) is 0. The number of hydrogen-bond acceptors (Lipinski definition) is 3. The predicted octanol–water partition coefficient (Wildman–Crippen LogP) is 3.67. The first-order valence-corrected chi connectivity index (χ1v) is 8.16. The van der Waals surface area contributed by atoms with E-state index in [1.165, 1.54) is 43.0 Å². The van der Waals surface area contributed by atoms with Crippen molar-refractivity contribution < 1.29 is 0 Å². The number of fused-ring (bicyclic) bond motifs is 1. The van der Waals surface area contributed by atoms with E-state index in [1.54, 1.807) is 0 Å². The molecule has 0 bridgehead atoms. The van der Waals surface area contributed by atoms with Crippen LogP contribution in [0.2, 0.25) is 0 Å². The van der Waals surface area contributed by atoms with E-state index in [0.29, 0.717) is 12.1 Å². The minimum absolute atomic E-state index is 0.548. The molecular formula is C14H26N2S. The van der Waals surface area contributed by atoms with Crippen LogP contribution < -0.4 is 5.32 Å². The summed E-state index contributed by atoms with van der Waals surface area (Å²) in [6.45, 7) is 6.86. The standard InChI is InChI=1S/C14H26N2S/c1-4-10(2)11(3)15-14-16-13-8-6-5-7-12(13)9-17-14/h10-13H,4-9H2,1-3H3,(H,15,16). The number of nitrogens with zero attached hydrogens (tertiary/aromatic N) is 1. The molecule has 0 aromatic heterocycles. The molecule has 0 aromatic rings. The molecule has 4 atom stereocenters. The van der Waals surface area contributed by atoms with E-state index in [1.807, 2.05) is 11.8 Å². The molecule has 17 heavy (non-hydrogen) atoms. The summed E-state index contributed by atoms with van der Waals surface area (Å²) >= 11 is 1.94. The Labute approximate surface area is 110 Å². The lowest BCUT2D eigenvalue weighted by molar-refractivity contribution is 0.334. The van der Waals surface area contributed by atoms with Gasteiger partial charge in [0.25, 0.3) is 0 Å². The van der Waals surface area contributed by atoms with Crippen LogP contribution >= 0.6 is 11.8 Å². The van der Waals surface area contributed by atoms with Crippen LogP contribution in [0.1, 0.15) is 52.9 Å². The van der Waals surface area contributed by atoms with Gasteiger partial charge in [0.1, 0.15) is 0 Å². The minimum atomic E-state index is 0.548. The van der Waals surface area contributed by atoms with Gasteiger partial charge in [0.05, 0.1) is 6.04 Å². The van der Waals surface area contributed by atoms with Crippen molar-refractivity contribution in [3.8, 4) is 0 Å². The SMILES string of the molecule is CCC(C)C(C)NC1=NC2CCCCC2CS1. The molecule has 1 fully saturated rings. The fourth-order valence-corrected chi connectivity index (χ4v) is 3.94. The highest BCUT2D eigenvalue weighted by Crippen LogP contribution is 2.33. The topological polar surface area (TPSA) is 24.4 Å². The second-order valence-electron chi connectivity index (χ2n) is 5.68. The van der Waals surface area contributed by atoms with Crippen molar-refractivity contribution in [2.75, 3.05) is 5.75 Å². The van der Waals surface area contributed by atoms with Gasteiger partial charge in [-0.2, -0.15) is 0 Å². The van der Waals surface area contributed by atoms with E-state index in [0.717, 1.165) is 11.8 Å². The van der Waals surface area contributed by atoms with E-state index >= 15 is 0 Å². The molecule has 0 radical (unpaired) electrons. The third kappa shape index (κ3) is 3.40. The molecule has 1 N–H and O–H groups in total. The number of rotatable bonds is 3. The molecule has 0 spiro atoms. The maximum atomic E-state index is 4.93. The van der Waals surface area contributed by atoms with Gasteiger partial charge in [-0.1, -0.05) is 44.9 Å². The summed E-state index contributed by atoms with van der Waals surface area (Å²) < 4.78 is 0. The van der Waals surface area contributed by atoms with Crippen molar-refractivity contribution in [2.24, 2.45) is 16.8 Å². The molecule has 98 valence electrons. The fourth-order valence-electron chi connectivity index (χ4n) is 2.70. The quantitative estimate of drug-likeness (QED) is 0.831. The third-order valence-corrected chi connectivity index (χ3v) is 5.53. The molecule has 0 amide bonds. The molecule has 3 heteroatoms. The van der Waals surface area contributed by atoms with Gasteiger partial charge in [-0.25, -0.2) is 0 Å². The Hall–Kier alpha value is -0.180. The van der Waals surface area contributed by atoms with Crippen molar-refractivity contribution in [1.29, 1.82) is 0 Å². The fraction of sp³-hybridized carbons (Fsp3) is 0.929. The minimum Gasteiger partial charge on any atom is -0.362 e. The lowest BCUT2D eigenvalue weighted by atomic mass is 9.86. The number of aliphatic imine (C=N–C) groups is 1. The van der Waals surface area contributed by atoms with E-state index in [9.17, 15) is 0 Å². The zero-order chi connectivity index (χ0) is 12.3. The van der Waals surface area contributed by atoms with E-state index in [2.05, 4.69) is 26.1 Å². The van der Waals surface area contributed by atoms with Crippen molar-refractivity contribution >= 4 is 16.9 Å². The summed E-state index contributed by atoms with van der Waals surface area (Å²) in [5, 5.41) is 4.82. The average Bonchev–Trinajstić information content (AvgIpc) is 2.37. The highest BCUT2D eigenvalue weighted by Gasteiger charge is 2.29. The first kappa shape index (κ1) is 13.3. The number of nitrogens with one attached hydrogen (secondary N) is 1. The summed E-state index contributed by atoms with van der Waals surface area (Å²) in [5.74, 6) is 2.87. The van der Waals surface area contributed by atoms with Gasteiger partial charge in [-0.15, -0.1) is 0 Å². The van der Waals surface area contributed by atoms with Gasteiger partial charge >= 0.3 is 0 Å². The predicted molar refractivity (Wildman–Crippen MR) is 77.7 cm³/mol. The first-order chi connectivity index (χ1) is 8.20. The van der Waals surface area contributed by atoms with Crippen LogP contribution in [0, 0.1) is 11.8 Å². The van der Waals surface area contributed by atoms with Crippen molar-refractivity contribution in [2.45, 2.75) is 65.0 Å². The summed E-state index contributed by atoms with van der Waals surface area (Å²) in [6, 6.07) is 1.17. The maximum absolute atomic E-state index is 4.93. The van der Waals surface area contributed by atoms with Crippen LogP contribution in [0.5, 0.6) is 0 Å². The average molecular weight is 254 g/mol. The molecule has 1 heterocycles. The van der Waals surface area contributed by atoms with Crippen molar-refractivity contribution in [3.05, 3.63) is 0 Å². The molecule has 1 aliphatic heterocycles. The molecular weight excluding hydrogens is 228 g/mol. The monoisotopic (exact) mass is 254 g/mol. The molecule has 2 nitrogen and oxygen atoms in total. The lowest BCUT2D eigenvalue weighted by Crippen LogP contribution is -2.40. The van der Waals surface area contributed by atoms with Crippen LogP contribution in [0.25, 0.3) is 0 Å². The van der Waals surface area contributed by atoms with Gasteiger partial charge in [0.15, 0.2) is 5.17 Å². The van der Waals surface area contributed by atoms with Gasteiger partial charge in [0, 0.05) is 11.8 Å². The zero-order valence-electron chi connectivity index (χ0n) is 11.4. The second kappa shape index (κ2) is 6.12. The Morgan fingerprint density at radius 3 is 2.88 bits per heavy atom. The molecule has 4 unspecified atom stereocenters. The lowest BCUT2D eigenvalue weighted by Gasteiger charge is -2.34. The Kier molecular flexibility index (Phi) is 4.78. The Morgan fingerprint density at radius 2 is 2.12 bits per heavy atom. The van der Waals surface area contributed by atoms with Gasteiger partial charge in [0.2, 0.25) is 0 Å². The Morgan fingerprint density at radius 1 is 1.35 bits per heavy atom. The molecule has 2 rings (SSSR count). The normalized spacial score (nSPS) is 32.3. The van der Waals surface area contributed by atoms with Crippen LogP contribution in [-0.2, 0) is 0 Å². The van der Waals surface area contributed by atoms with E-state index in [4.69, 9.17) is 4.99 Å². The first-order valence-electron chi connectivity index (χ1n) is 7.17. The summed E-state index contributed by atoms with van der Waals surface area (Å²) in [7, 11) is 0. The number of amidine groups is 1. The third-order valence-electron chi connectivity index (χ3n) is 4.43. The van der Waals surface area contributed by atoms with E-state index < -0.39 is 0 Å². The largest absolute Gasteiger partial charge is 0.362 e. The Bertz CT molecular complexity index is 277. The van der Waals surface area contributed by atoms with Gasteiger partial charge < -0.3 is 5.32 Å². The van der Waals surface area contributed by atoms with Crippen LogP contribution in [-0.4, -0.2) is 23.0 Å². The van der Waals surface area contributed by atoms with Gasteiger partial charge in [-0.3, -0.25) is 4.99 Å². The number of hydrogen-bond donors (Lipinski definition) is 1. The van der Waals surface area contributed by atoms with Crippen LogP contribution in [0.4, 0.5) is 0 Å². The summed E-state index contributed by atoms with van der Waals surface area (Å²) in [6.07, 6.45) is 6.74. The highest BCUT2D eigenvalue weighted by molar-refractivity contribution is 8.13. The van der Waals surface area contributed by atoms with Crippen LogP contribution in [0.15, 0.2) is 4.99 Å². The molecule has 0 aromatic carbocycles.